The maximum Gasteiger partial charge on any atom is 0.460 e. The second-order valence-corrected chi connectivity index (χ2v) is 4.85. The molecule has 25 heavy (non-hydrogen) atoms. The molecule has 0 saturated carbocycles. The maximum absolute atomic E-state index is 13.1. The molecule has 1 unspecified atom stereocenters. The third-order valence-corrected chi connectivity index (χ3v) is 2.76. The van der Waals surface area contributed by atoms with Crippen molar-refractivity contribution < 1.29 is 67.0 Å². The molecule has 0 bridgehead atoms. The summed E-state index contributed by atoms with van der Waals surface area (Å²) < 4.78 is 164. The lowest BCUT2D eigenvalue weighted by atomic mass is 9.91. The van der Waals surface area contributed by atoms with Crippen LogP contribution in [0.15, 0.2) is 0 Å². The first-order chi connectivity index (χ1) is 10.6. The van der Waals surface area contributed by atoms with Crippen molar-refractivity contribution >= 4 is 5.78 Å². The summed E-state index contributed by atoms with van der Waals surface area (Å²) in [5.74, 6) is -41.6. The number of ketones is 1. The zero-order valence-electron chi connectivity index (χ0n) is 11.6. The van der Waals surface area contributed by atoms with E-state index in [2.05, 4.69) is 0 Å². The molecule has 0 rings (SSSR count). The van der Waals surface area contributed by atoms with E-state index in [1.165, 1.54) is 0 Å². The zero-order chi connectivity index (χ0) is 20.9. The Hall–Kier alpha value is -1.28. The number of hydrogen-bond donors (Lipinski definition) is 1. The van der Waals surface area contributed by atoms with Gasteiger partial charge < -0.3 is 5.11 Å². The molecule has 150 valence electrons. The highest BCUT2D eigenvalue weighted by Gasteiger charge is 2.91. The minimum Gasteiger partial charge on any atom is -0.393 e. The number of carbonyl (C=O) groups is 1. The van der Waals surface area contributed by atoms with Crippen molar-refractivity contribution in [1.82, 2.24) is 0 Å². The molecule has 0 heterocycles. The van der Waals surface area contributed by atoms with Gasteiger partial charge in [-0.2, -0.15) is 57.1 Å². The predicted molar refractivity (Wildman–Crippen MR) is 52.1 cm³/mol. The number of Topliss-reactive ketones (excluding diaryl/α,β-unsaturated/α-hetero) is 1. The van der Waals surface area contributed by atoms with Gasteiger partial charge in [0, 0.05) is 6.42 Å². The number of carbonyl (C=O) groups excluding carboxylic acids is 1. The van der Waals surface area contributed by atoms with Crippen LogP contribution in [0.1, 0.15) is 13.3 Å². The summed E-state index contributed by atoms with van der Waals surface area (Å²) in [5.41, 5.74) is 0. The van der Waals surface area contributed by atoms with E-state index in [0.29, 0.717) is 6.92 Å². The van der Waals surface area contributed by atoms with Gasteiger partial charge in [0.05, 0.1) is 6.10 Å². The minimum absolute atomic E-state index is 0.511. The largest absolute Gasteiger partial charge is 0.460 e. The SMILES string of the molecule is CC(O)CC(=O)C(F)(F)C(F)(F)C(F)(F)C(F)(F)C(F)(F)C(F)(F)F. The molecule has 0 aliphatic heterocycles. The summed E-state index contributed by atoms with van der Waals surface area (Å²) in [6, 6.07) is 0. The second-order valence-electron chi connectivity index (χ2n) is 4.85. The van der Waals surface area contributed by atoms with Crippen LogP contribution in [0.3, 0.4) is 0 Å². The fraction of sp³-hybridized carbons (Fsp3) is 0.900. The van der Waals surface area contributed by atoms with Crippen molar-refractivity contribution in [3.63, 3.8) is 0 Å². The molecule has 2 nitrogen and oxygen atoms in total. The highest BCUT2D eigenvalue weighted by Crippen LogP contribution is 2.60. The summed E-state index contributed by atoms with van der Waals surface area (Å²) in [5, 5.41) is 8.55. The highest BCUT2D eigenvalue weighted by atomic mass is 19.4. The Labute approximate surface area is 129 Å². The molecular weight excluding hydrogens is 399 g/mol. The first-order valence-electron chi connectivity index (χ1n) is 5.76. The standard InChI is InChI=1S/C10H7F13O2/c1-3(24)2-4(25)5(11,12)6(13,14)7(15,16)8(17,18)9(19,20)10(21,22)23/h3,24H,2H2,1H3. The van der Waals surface area contributed by atoms with E-state index in [9.17, 15) is 61.9 Å². The summed E-state index contributed by atoms with van der Waals surface area (Å²) >= 11 is 0. The molecule has 0 fully saturated rings. The van der Waals surface area contributed by atoms with Crippen molar-refractivity contribution in [3.05, 3.63) is 0 Å². The Balaban J connectivity index is 6.25. The Morgan fingerprint density at radius 3 is 1.32 bits per heavy atom. The molecule has 0 aliphatic rings. The lowest BCUT2D eigenvalue weighted by Gasteiger charge is -2.39. The van der Waals surface area contributed by atoms with Crippen LogP contribution in [0.25, 0.3) is 0 Å². The molecule has 0 aromatic heterocycles. The van der Waals surface area contributed by atoms with E-state index < -0.39 is 54.1 Å². The van der Waals surface area contributed by atoms with Gasteiger partial charge in [-0.05, 0) is 6.92 Å². The monoisotopic (exact) mass is 406 g/mol. The van der Waals surface area contributed by atoms with Gasteiger partial charge >= 0.3 is 35.8 Å². The molecular formula is C10H7F13O2. The van der Waals surface area contributed by atoms with Crippen molar-refractivity contribution in [2.75, 3.05) is 0 Å². The molecule has 0 saturated heterocycles. The average molecular weight is 406 g/mol. The molecule has 0 spiro atoms. The Bertz CT molecular complexity index is 505. The number of halogens is 13. The number of rotatable bonds is 7. The van der Waals surface area contributed by atoms with Crippen LogP contribution in [0.2, 0.25) is 0 Å². The van der Waals surface area contributed by atoms with Crippen LogP contribution in [0.4, 0.5) is 57.1 Å². The van der Waals surface area contributed by atoms with Crippen LogP contribution in [0, 0.1) is 0 Å². The lowest BCUT2D eigenvalue weighted by Crippen LogP contribution is -2.71. The summed E-state index contributed by atoms with van der Waals surface area (Å²) in [6.07, 6.45) is -11.7. The van der Waals surface area contributed by atoms with E-state index in [-0.39, 0.29) is 0 Å². The third kappa shape index (κ3) is 3.38. The summed E-state index contributed by atoms with van der Waals surface area (Å²) in [7, 11) is 0. The number of aliphatic hydroxyl groups is 1. The second kappa shape index (κ2) is 6.16. The van der Waals surface area contributed by atoms with Crippen LogP contribution in [-0.2, 0) is 4.79 Å². The van der Waals surface area contributed by atoms with E-state index in [4.69, 9.17) is 5.11 Å². The zero-order valence-corrected chi connectivity index (χ0v) is 11.6. The van der Waals surface area contributed by atoms with Gasteiger partial charge in [0.25, 0.3) is 0 Å². The lowest BCUT2D eigenvalue weighted by molar-refractivity contribution is -0.436. The van der Waals surface area contributed by atoms with Gasteiger partial charge in [0.1, 0.15) is 0 Å². The molecule has 0 aromatic rings. The van der Waals surface area contributed by atoms with Crippen molar-refractivity contribution in [3.8, 4) is 0 Å². The van der Waals surface area contributed by atoms with Crippen molar-refractivity contribution in [2.24, 2.45) is 0 Å². The quantitative estimate of drug-likeness (QED) is 0.648. The maximum atomic E-state index is 13.1. The number of alkyl halides is 13. The molecule has 0 radical (unpaired) electrons. The topological polar surface area (TPSA) is 37.3 Å². The van der Waals surface area contributed by atoms with Crippen LogP contribution in [-0.4, -0.2) is 52.8 Å². The van der Waals surface area contributed by atoms with Gasteiger partial charge in [0.2, 0.25) is 5.78 Å². The fourth-order valence-electron chi connectivity index (χ4n) is 1.34. The molecule has 15 heteroatoms. The Morgan fingerprint density at radius 2 is 1.04 bits per heavy atom. The van der Waals surface area contributed by atoms with Gasteiger partial charge in [-0.25, -0.2) is 0 Å². The van der Waals surface area contributed by atoms with Gasteiger partial charge in [0.15, 0.2) is 0 Å². The first-order valence-corrected chi connectivity index (χ1v) is 5.76. The van der Waals surface area contributed by atoms with Gasteiger partial charge in [-0.1, -0.05) is 0 Å². The Morgan fingerprint density at radius 1 is 0.720 bits per heavy atom. The normalized spacial score (nSPS) is 16.8. The third-order valence-electron chi connectivity index (χ3n) is 2.76. The molecule has 0 aromatic carbocycles. The van der Waals surface area contributed by atoms with E-state index >= 15 is 0 Å². The van der Waals surface area contributed by atoms with Crippen LogP contribution < -0.4 is 0 Å². The van der Waals surface area contributed by atoms with Crippen LogP contribution >= 0.6 is 0 Å². The molecule has 0 amide bonds. The number of hydrogen-bond acceptors (Lipinski definition) is 2. The predicted octanol–water partition coefficient (Wildman–Crippen LogP) is 4.07. The fourth-order valence-corrected chi connectivity index (χ4v) is 1.34. The van der Waals surface area contributed by atoms with Crippen LogP contribution in [0.5, 0.6) is 0 Å². The molecule has 1 atom stereocenters. The summed E-state index contributed by atoms with van der Waals surface area (Å²) in [4.78, 5) is 10.8. The van der Waals surface area contributed by atoms with Crippen molar-refractivity contribution in [1.29, 1.82) is 0 Å². The van der Waals surface area contributed by atoms with Crippen molar-refractivity contribution in [2.45, 2.75) is 55.2 Å². The first kappa shape index (κ1) is 23.7. The van der Waals surface area contributed by atoms with Gasteiger partial charge in [-0.3, -0.25) is 4.79 Å². The van der Waals surface area contributed by atoms with E-state index in [1.807, 2.05) is 0 Å². The minimum atomic E-state index is -8.05. The average Bonchev–Trinajstić information content (AvgIpc) is 2.35. The molecule has 1 N–H and O–H groups in total. The van der Waals surface area contributed by atoms with Gasteiger partial charge in [-0.15, -0.1) is 0 Å². The van der Waals surface area contributed by atoms with E-state index in [0.717, 1.165) is 0 Å². The van der Waals surface area contributed by atoms with E-state index in [1.54, 1.807) is 0 Å². The highest BCUT2D eigenvalue weighted by molar-refractivity contribution is 5.87. The molecule has 0 aliphatic carbocycles. The smallest absolute Gasteiger partial charge is 0.393 e. The summed E-state index contributed by atoms with van der Waals surface area (Å²) in [6.45, 7) is 0.511. The number of aliphatic hydroxyl groups excluding tert-OH is 1. The Kier molecular flexibility index (Phi) is 5.84.